The van der Waals surface area contributed by atoms with Gasteiger partial charge in [-0.25, -0.2) is 0 Å². The van der Waals surface area contributed by atoms with Gasteiger partial charge in [-0.15, -0.1) is 35.3 Å². The summed E-state index contributed by atoms with van der Waals surface area (Å²) < 4.78 is 5.22. The Morgan fingerprint density at radius 2 is 1.93 bits per heavy atom. The highest BCUT2D eigenvalue weighted by Gasteiger charge is 2.27. The largest absolute Gasteiger partial charge is 0.459 e. The van der Waals surface area contributed by atoms with Gasteiger partial charge in [0.1, 0.15) is 0 Å². The van der Waals surface area contributed by atoms with E-state index in [-0.39, 0.29) is 35.3 Å². The van der Waals surface area contributed by atoms with Gasteiger partial charge in [0.2, 0.25) is 0 Å². The number of aliphatic imine (C=N–C) groups is 1. The first-order valence-corrected chi connectivity index (χ1v) is 9.71. The number of halogens is 1. The molecule has 1 aliphatic heterocycles. The quantitative estimate of drug-likeness (QED) is 0.396. The monoisotopic (exact) mass is 502 g/mol. The number of rotatable bonds is 4. The molecule has 6 nitrogen and oxygen atoms in total. The number of carbonyl (C=O) groups is 1. The van der Waals surface area contributed by atoms with Gasteiger partial charge in [0.15, 0.2) is 11.7 Å². The van der Waals surface area contributed by atoms with Gasteiger partial charge in [-0.05, 0) is 23.6 Å². The second kappa shape index (κ2) is 9.59. The summed E-state index contributed by atoms with van der Waals surface area (Å²) in [4.78, 5) is 22.2. The number of piperazine rings is 1. The average Bonchev–Trinajstić information content (AvgIpc) is 3.36. The van der Waals surface area contributed by atoms with E-state index in [4.69, 9.17) is 4.42 Å². The molecule has 27 heavy (non-hydrogen) atoms. The fraction of sp³-hybridized carbons (Fsp3) is 0.474. The maximum absolute atomic E-state index is 12.4. The van der Waals surface area contributed by atoms with Crippen molar-refractivity contribution in [3.8, 4) is 0 Å². The summed E-state index contributed by atoms with van der Waals surface area (Å²) in [6.45, 7) is 8.12. The number of thiophene rings is 1. The minimum atomic E-state index is -0.0450. The maximum atomic E-state index is 12.4. The Morgan fingerprint density at radius 1 is 1.22 bits per heavy atom. The number of furan rings is 1. The summed E-state index contributed by atoms with van der Waals surface area (Å²) in [7, 11) is 1.81. The Balaban J connectivity index is 0.00000261. The number of hydrogen-bond donors (Lipinski definition) is 1. The van der Waals surface area contributed by atoms with E-state index in [1.807, 2.05) is 4.90 Å². The van der Waals surface area contributed by atoms with Crippen molar-refractivity contribution in [3.05, 3.63) is 46.5 Å². The molecule has 0 atom stereocenters. The molecule has 1 saturated heterocycles. The molecular formula is C19H27IN4O2S. The Labute approximate surface area is 181 Å². The third-order valence-corrected chi connectivity index (χ3v) is 5.92. The molecule has 0 aliphatic carbocycles. The average molecular weight is 502 g/mol. The van der Waals surface area contributed by atoms with Crippen LogP contribution in [0.3, 0.4) is 0 Å². The van der Waals surface area contributed by atoms with Crippen LogP contribution in [0.1, 0.15) is 29.3 Å². The third kappa shape index (κ3) is 5.25. The van der Waals surface area contributed by atoms with Crippen LogP contribution in [0.2, 0.25) is 0 Å². The van der Waals surface area contributed by atoms with E-state index in [0.29, 0.717) is 18.8 Å². The van der Waals surface area contributed by atoms with Gasteiger partial charge >= 0.3 is 0 Å². The van der Waals surface area contributed by atoms with Crippen molar-refractivity contribution in [3.63, 3.8) is 0 Å². The highest BCUT2D eigenvalue weighted by Crippen LogP contribution is 2.26. The van der Waals surface area contributed by atoms with Crippen LogP contribution in [-0.2, 0) is 5.41 Å². The molecule has 3 rings (SSSR count). The maximum Gasteiger partial charge on any atom is 0.289 e. The number of nitrogens with one attached hydrogen (secondary N) is 1. The molecule has 0 spiro atoms. The fourth-order valence-electron chi connectivity index (χ4n) is 3.06. The number of carbonyl (C=O) groups excluding carboxylic acids is 1. The van der Waals surface area contributed by atoms with Gasteiger partial charge in [0.05, 0.1) is 6.26 Å². The molecule has 0 aromatic carbocycles. The highest BCUT2D eigenvalue weighted by molar-refractivity contribution is 14.0. The van der Waals surface area contributed by atoms with Crippen molar-refractivity contribution >= 4 is 47.2 Å². The highest BCUT2D eigenvalue weighted by atomic mass is 127. The zero-order valence-electron chi connectivity index (χ0n) is 16.0. The van der Waals surface area contributed by atoms with E-state index >= 15 is 0 Å². The second-order valence-corrected chi connectivity index (χ2v) is 7.97. The first kappa shape index (κ1) is 21.7. The standard InChI is InChI=1S/C19H26N4O2S.HI/c1-19(2,16-7-5-13-26-16)14-21-18(20-3)23-10-8-22(9-11-23)17(24)15-6-4-12-25-15;/h4-7,12-13H,8-11,14H2,1-3H3,(H,20,21);1H. The Bertz CT molecular complexity index is 736. The van der Waals surface area contributed by atoms with Gasteiger partial charge in [-0.3, -0.25) is 9.79 Å². The normalized spacial score (nSPS) is 15.4. The molecule has 1 amide bonds. The minimum Gasteiger partial charge on any atom is -0.459 e. The molecule has 1 fully saturated rings. The van der Waals surface area contributed by atoms with Crippen LogP contribution in [0.15, 0.2) is 45.3 Å². The molecule has 1 aliphatic rings. The van der Waals surface area contributed by atoms with E-state index in [1.165, 1.54) is 11.1 Å². The van der Waals surface area contributed by atoms with Crippen molar-refractivity contribution < 1.29 is 9.21 Å². The lowest BCUT2D eigenvalue weighted by atomic mass is 9.91. The van der Waals surface area contributed by atoms with Crippen LogP contribution in [-0.4, -0.2) is 61.4 Å². The van der Waals surface area contributed by atoms with Gasteiger partial charge in [0.25, 0.3) is 5.91 Å². The van der Waals surface area contributed by atoms with Crippen molar-refractivity contribution in [2.45, 2.75) is 19.3 Å². The second-order valence-electron chi connectivity index (χ2n) is 7.02. The van der Waals surface area contributed by atoms with Crippen LogP contribution in [0.25, 0.3) is 0 Å². The van der Waals surface area contributed by atoms with E-state index < -0.39 is 0 Å². The lowest BCUT2D eigenvalue weighted by molar-refractivity contribution is 0.0657. The fourth-order valence-corrected chi connectivity index (χ4v) is 3.91. The van der Waals surface area contributed by atoms with E-state index in [0.717, 1.165) is 25.6 Å². The first-order valence-electron chi connectivity index (χ1n) is 8.83. The SMILES string of the molecule is CN=C(NCC(C)(C)c1cccs1)N1CCN(C(=O)c2ccco2)CC1.I. The molecule has 0 radical (unpaired) electrons. The lowest BCUT2D eigenvalue weighted by Crippen LogP contribution is -2.54. The minimum absolute atomic E-state index is 0. The summed E-state index contributed by atoms with van der Waals surface area (Å²) >= 11 is 1.78. The zero-order valence-corrected chi connectivity index (χ0v) is 19.1. The summed E-state index contributed by atoms with van der Waals surface area (Å²) in [6.07, 6.45) is 1.53. The lowest BCUT2D eigenvalue weighted by Gasteiger charge is -2.37. The number of amides is 1. The molecule has 3 heterocycles. The molecule has 2 aromatic heterocycles. The van der Waals surface area contributed by atoms with Crippen LogP contribution in [0.5, 0.6) is 0 Å². The number of hydrogen-bond acceptors (Lipinski definition) is 4. The third-order valence-electron chi connectivity index (χ3n) is 4.69. The van der Waals surface area contributed by atoms with Crippen LogP contribution in [0.4, 0.5) is 0 Å². The summed E-state index contributed by atoms with van der Waals surface area (Å²) in [5, 5.41) is 5.61. The van der Waals surface area contributed by atoms with Gasteiger partial charge < -0.3 is 19.5 Å². The predicted octanol–water partition coefficient (Wildman–Crippen LogP) is 3.27. The van der Waals surface area contributed by atoms with Crippen molar-refractivity contribution in [1.82, 2.24) is 15.1 Å². The number of guanidine groups is 1. The van der Waals surface area contributed by atoms with Gasteiger partial charge in [-0.2, -0.15) is 0 Å². The van der Waals surface area contributed by atoms with Gasteiger partial charge in [-0.1, -0.05) is 19.9 Å². The van der Waals surface area contributed by atoms with Crippen molar-refractivity contribution in [1.29, 1.82) is 0 Å². The Kier molecular flexibility index (Phi) is 7.72. The molecule has 0 bridgehead atoms. The summed E-state index contributed by atoms with van der Waals surface area (Å²) in [5.74, 6) is 1.25. The summed E-state index contributed by atoms with van der Waals surface area (Å²) in [6, 6.07) is 7.71. The number of nitrogens with zero attached hydrogens (tertiary/aromatic N) is 3. The molecule has 1 N–H and O–H groups in total. The van der Waals surface area contributed by atoms with E-state index in [1.54, 1.807) is 30.5 Å². The Hall–Kier alpha value is -1.55. The van der Waals surface area contributed by atoms with E-state index in [9.17, 15) is 4.79 Å². The first-order chi connectivity index (χ1) is 12.5. The topological polar surface area (TPSA) is 61.1 Å². The van der Waals surface area contributed by atoms with Crippen LogP contribution >= 0.6 is 35.3 Å². The van der Waals surface area contributed by atoms with Crippen LogP contribution < -0.4 is 5.32 Å². The molecular weight excluding hydrogens is 475 g/mol. The van der Waals surface area contributed by atoms with Crippen molar-refractivity contribution in [2.75, 3.05) is 39.8 Å². The smallest absolute Gasteiger partial charge is 0.289 e. The molecule has 8 heteroatoms. The molecule has 0 unspecified atom stereocenters. The van der Waals surface area contributed by atoms with Crippen LogP contribution in [0, 0.1) is 0 Å². The molecule has 2 aromatic rings. The molecule has 0 saturated carbocycles. The Morgan fingerprint density at radius 3 is 2.48 bits per heavy atom. The van der Waals surface area contributed by atoms with Crippen molar-refractivity contribution in [2.24, 2.45) is 4.99 Å². The van der Waals surface area contributed by atoms with Gasteiger partial charge in [0, 0.05) is 50.1 Å². The zero-order chi connectivity index (χ0) is 18.6. The van der Waals surface area contributed by atoms with E-state index in [2.05, 4.69) is 46.6 Å². The predicted molar refractivity (Wildman–Crippen MR) is 120 cm³/mol. The molecule has 148 valence electrons. The summed E-state index contributed by atoms with van der Waals surface area (Å²) in [5.41, 5.74) is 0.0428.